The molecule has 1 saturated heterocycles. The second kappa shape index (κ2) is 4.98. The van der Waals surface area contributed by atoms with Gasteiger partial charge in [0.1, 0.15) is 0 Å². The highest BCUT2D eigenvalue weighted by Gasteiger charge is 2.20. The molecule has 90 valence electrons. The standard InChI is InChI=1S/C12H16N4S/c1-2-12(17-9-1)10-15-6-3-11(4-7-15)16-8-5-13-14-16/h1-2,5,8-9,11H,3-4,6-7,10H2. The average molecular weight is 248 g/mol. The van der Waals surface area contributed by atoms with Gasteiger partial charge in [-0.2, -0.15) is 0 Å². The van der Waals surface area contributed by atoms with Gasteiger partial charge in [-0.25, -0.2) is 4.68 Å². The van der Waals surface area contributed by atoms with Crippen molar-refractivity contribution >= 4 is 11.3 Å². The van der Waals surface area contributed by atoms with E-state index < -0.39 is 0 Å². The average Bonchev–Trinajstić information content (AvgIpc) is 3.01. The van der Waals surface area contributed by atoms with Crippen molar-refractivity contribution in [2.75, 3.05) is 13.1 Å². The lowest BCUT2D eigenvalue weighted by atomic mass is 10.1. The van der Waals surface area contributed by atoms with Gasteiger partial charge in [0.25, 0.3) is 0 Å². The number of thiophene rings is 1. The third-order valence-corrected chi connectivity index (χ3v) is 4.19. The van der Waals surface area contributed by atoms with Crippen molar-refractivity contribution in [3.05, 3.63) is 34.8 Å². The largest absolute Gasteiger partial charge is 0.298 e. The minimum atomic E-state index is 0.539. The summed E-state index contributed by atoms with van der Waals surface area (Å²) < 4.78 is 2.00. The van der Waals surface area contributed by atoms with Crippen LogP contribution in [0.25, 0.3) is 0 Å². The monoisotopic (exact) mass is 248 g/mol. The van der Waals surface area contributed by atoms with Gasteiger partial charge < -0.3 is 0 Å². The predicted octanol–water partition coefficient (Wildman–Crippen LogP) is 2.18. The molecule has 0 aliphatic carbocycles. The van der Waals surface area contributed by atoms with Crippen molar-refractivity contribution in [3.8, 4) is 0 Å². The number of nitrogens with zero attached hydrogens (tertiary/aromatic N) is 4. The van der Waals surface area contributed by atoms with E-state index in [0.29, 0.717) is 6.04 Å². The van der Waals surface area contributed by atoms with Gasteiger partial charge in [-0.3, -0.25) is 4.90 Å². The third kappa shape index (κ3) is 2.56. The number of piperidine rings is 1. The van der Waals surface area contributed by atoms with E-state index in [1.54, 1.807) is 6.20 Å². The van der Waals surface area contributed by atoms with E-state index in [1.807, 2.05) is 22.2 Å². The second-order valence-electron chi connectivity index (χ2n) is 4.47. The minimum absolute atomic E-state index is 0.539. The predicted molar refractivity (Wildman–Crippen MR) is 67.9 cm³/mol. The third-order valence-electron chi connectivity index (χ3n) is 3.33. The summed E-state index contributed by atoms with van der Waals surface area (Å²) in [6.07, 6.45) is 6.08. The first kappa shape index (κ1) is 10.9. The van der Waals surface area contributed by atoms with Crippen molar-refractivity contribution < 1.29 is 0 Å². The van der Waals surface area contributed by atoms with E-state index in [-0.39, 0.29) is 0 Å². The summed E-state index contributed by atoms with van der Waals surface area (Å²) in [5.74, 6) is 0. The van der Waals surface area contributed by atoms with Crippen LogP contribution in [0.5, 0.6) is 0 Å². The van der Waals surface area contributed by atoms with Crippen LogP contribution in [0.3, 0.4) is 0 Å². The molecule has 3 heterocycles. The van der Waals surface area contributed by atoms with Gasteiger partial charge in [0.2, 0.25) is 0 Å². The fourth-order valence-electron chi connectivity index (χ4n) is 2.38. The van der Waals surface area contributed by atoms with Gasteiger partial charge in [0, 0.05) is 30.7 Å². The van der Waals surface area contributed by atoms with E-state index in [0.717, 1.165) is 19.6 Å². The highest BCUT2D eigenvalue weighted by Crippen LogP contribution is 2.23. The zero-order valence-electron chi connectivity index (χ0n) is 9.70. The SMILES string of the molecule is c1csc(CN2CCC(n3ccnn3)CC2)c1. The normalized spacial score (nSPS) is 18.6. The number of aromatic nitrogens is 3. The van der Waals surface area contributed by atoms with Crippen LogP contribution in [0.15, 0.2) is 29.9 Å². The molecule has 4 nitrogen and oxygen atoms in total. The molecule has 1 aliphatic rings. The Balaban J connectivity index is 1.54. The molecule has 3 rings (SSSR count). The fourth-order valence-corrected chi connectivity index (χ4v) is 3.12. The van der Waals surface area contributed by atoms with Crippen LogP contribution >= 0.6 is 11.3 Å². The Morgan fingerprint density at radius 1 is 1.35 bits per heavy atom. The molecule has 0 amide bonds. The Hall–Kier alpha value is -1.20. The van der Waals surface area contributed by atoms with E-state index in [4.69, 9.17) is 0 Å². The Morgan fingerprint density at radius 2 is 2.24 bits per heavy atom. The maximum atomic E-state index is 4.09. The summed E-state index contributed by atoms with van der Waals surface area (Å²) >= 11 is 1.85. The Bertz CT molecular complexity index is 429. The highest BCUT2D eigenvalue weighted by molar-refractivity contribution is 7.09. The first-order chi connectivity index (χ1) is 8.42. The van der Waals surface area contributed by atoms with Crippen LogP contribution in [0.4, 0.5) is 0 Å². The molecular weight excluding hydrogens is 232 g/mol. The zero-order valence-corrected chi connectivity index (χ0v) is 10.5. The van der Waals surface area contributed by atoms with Crippen LogP contribution in [0.1, 0.15) is 23.8 Å². The molecule has 2 aromatic rings. The smallest absolute Gasteiger partial charge is 0.0693 e. The van der Waals surface area contributed by atoms with Crippen molar-refractivity contribution in [1.29, 1.82) is 0 Å². The van der Waals surface area contributed by atoms with Crippen LogP contribution in [0.2, 0.25) is 0 Å². The van der Waals surface area contributed by atoms with Gasteiger partial charge in [-0.1, -0.05) is 11.3 Å². The Labute approximate surface area is 105 Å². The van der Waals surface area contributed by atoms with Crippen molar-refractivity contribution in [2.24, 2.45) is 0 Å². The van der Waals surface area contributed by atoms with Gasteiger partial charge in [-0.15, -0.1) is 16.4 Å². The van der Waals surface area contributed by atoms with E-state index in [1.165, 1.54) is 17.7 Å². The molecule has 5 heteroatoms. The lowest BCUT2D eigenvalue weighted by Gasteiger charge is -2.31. The topological polar surface area (TPSA) is 34.0 Å². The quantitative estimate of drug-likeness (QED) is 0.835. The van der Waals surface area contributed by atoms with E-state index in [2.05, 4.69) is 32.7 Å². The van der Waals surface area contributed by atoms with Crippen LogP contribution in [-0.4, -0.2) is 33.0 Å². The number of hydrogen-bond donors (Lipinski definition) is 0. The van der Waals surface area contributed by atoms with E-state index >= 15 is 0 Å². The molecule has 17 heavy (non-hydrogen) atoms. The molecule has 2 aromatic heterocycles. The molecule has 0 saturated carbocycles. The van der Waals surface area contributed by atoms with Crippen molar-refractivity contribution in [1.82, 2.24) is 19.9 Å². The zero-order chi connectivity index (χ0) is 11.5. The number of likely N-dealkylation sites (tertiary alicyclic amines) is 1. The first-order valence-electron chi connectivity index (χ1n) is 6.02. The van der Waals surface area contributed by atoms with E-state index in [9.17, 15) is 0 Å². The summed E-state index contributed by atoms with van der Waals surface area (Å²) in [5, 5.41) is 10.1. The molecule has 0 unspecified atom stereocenters. The first-order valence-corrected chi connectivity index (χ1v) is 6.90. The maximum Gasteiger partial charge on any atom is 0.0693 e. The van der Waals surface area contributed by atoms with Crippen molar-refractivity contribution in [3.63, 3.8) is 0 Å². The summed E-state index contributed by atoms with van der Waals surface area (Å²) in [5.41, 5.74) is 0. The van der Waals surface area contributed by atoms with Gasteiger partial charge in [0.05, 0.1) is 12.2 Å². The Kier molecular flexibility index (Phi) is 3.20. The van der Waals surface area contributed by atoms with Gasteiger partial charge in [-0.05, 0) is 24.3 Å². The van der Waals surface area contributed by atoms with Crippen LogP contribution < -0.4 is 0 Å². The highest BCUT2D eigenvalue weighted by atomic mass is 32.1. The van der Waals surface area contributed by atoms with Crippen molar-refractivity contribution in [2.45, 2.75) is 25.4 Å². The lowest BCUT2D eigenvalue weighted by molar-refractivity contribution is 0.173. The lowest BCUT2D eigenvalue weighted by Crippen LogP contribution is -2.34. The minimum Gasteiger partial charge on any atom is -0.298 e. The molecule has 0 spiro atoms. The molecular formula is C12H16N4S. The van der Waals surface area contributed by atoms with Gasteiger partial charge in [0.15, 0.2) is 0 Å². The molecule has 0 bridgehead atoms. The molecule has 0 atom stereocenters. The summed E-state index contributed by atoms with van der Waals surface area (Å²) in [4.78, 5) is 3.99. The molecule has 0 radical (unpaired) electrons. The maximum absolute atomic E-state index is 4.09. The van der Waals surface area contributed by atoms with Crippen LogP contribution in [-0.2, 0) is 6.54 Å². The molecule has 1 fully saturated rings. The summed E-state index contributed by atoms with van der Waals surface area (Å²) in [7, 11) is 0. The fraction of sp³-hybridized carbons (Fsp3) is 0.500. The molecule has 0 aromatic carbocycles. The summed E-state index contributed by atoms with van der Waals surface area (Å²) in [6, 6.07) is 4.88. The Morgan fingerprint density at radius 3 is 2.88 bits per heavy atom. The number of hydrogen-bond acceptors (Lipinski definition) is 4. The summed E-state index contributed by atoms with van der Waals surface area (Å²) in [6.45, 7) is 3.41. The van der Waals surface area contributed by atoms with Gasteiger partial charge >= 0.3 is 0 Å². The second-order valence-corrected chi connectivity index (χ2v) is 5.50. The van der Waals surface area contributed by atoms with Crippen LogP contribution in [0, 0.1) is 0 Å². The number of rotatable bonds is 3. The molecule has 1 aliphatic heterocycles. The molecule has 0 N–H and O–H groups in total.